The fourth-order valence-corrected chi connectivity index (χ4v) is 3.96. The maximum atomic E-state index is 12.7. The van der Waals surface area contributed by atoms with E-state index >= 15 is 0 Å². The van der Waals surface area contributed by atoms with Crippen LogP contribution in [-0.4, -0.2) is 44.1 Å². The fourth-order valence-electron chi connectivity index (χ4n) is 3.40. The van der Waals surface area contributed by atoms with E-state index in [2.05, 4.69) is 30.4 Å². The van der Waals surface area contributed by atoms with Crippen molar-refractivity contribution in [1.29, 1.82) is 0 Å². The van der Waals surface area contributed by atoms with E-state index in [4.69, 9.17) is 0 Å². The van der Waals surface area contributed by atoms with Crippen molar-refractivity contribution in [3.8, 4) is 11.3 Å². The minimum Gasteiger partial charge on any atom is -0.326 e. The van der Waals surface area contributed by atoms with Crippen molar-refractivity contribution in [2.75, 3.05) is 18.4 Å². The summed E-state index contributed by atoms with van der Waals surface area (Å²) in [6.07, 6.45) is 1.91. The molecule has 3 aromatic rings. The zero-order valence-corrected chi connectivity index (χ0v) is 16.0. The first-order chi connectivity index (χ1) is 13.2. The number of hydrogen-bond acceptors (Lipinski definition) is 6. The third kappa shape index (κ3) is 4.40. The van der Waals surface area contributed by atoms with E-state index < -0.39 is 0 Å². The Kier molecular flexibility index (Phi) is 5.26. The lowest BCUT2D eigenvalue weighted by atomic mass is 9.97. The van der Waals surface area contributed by atoms with Crippen molar-refractivity contribution in [3.63, 3.8) is 0 Å². The first-order valence-electron chi connectivity index (χ1n) is 9.07. The number of benzene rings is 1. The molecule has 0 aliphatic carbocycles. The van der Waals surface area contributed by atoms with Crippen LogP contribution in [0.4, 0.5) is 5.69 Å². The number of carbonyl (C=O) groups excluding carboxylic acids is 1. The van der Waals surface area contributed by atoms with Crippen molar-refractivity contribution in [2.45, 2.75) is 26.3 Å². The number of piperidine rings is 1. The average molecular weight is 382 g/mol. The Morgan fingerprint density at radius 2 is 2.22 bits per heavy atom. The fraction of sp³-hybridized carbons (Fsp3) is 0.368. The number of H-pyrrole nitrogens is 1. The smallest absolute Gasteiger partial charge is 0.228 e. The Labute approximate surface area is 161 Å². The molecule has 1 aromatic carbocycles. The summed E-state index contributed by atoms with van der Waals surface area (Å²) in [7, 11) is 0. The predicted molar refractivity (Wildman–Crippen MR) is 105 cm³/mol. The van der Waals surface area contributed by atoms with Crippen molar-refractivity contribution in [3.05, 3.63) is 46.8 Å². The molecule has 27 heavy (non-hydrogen) atoms. The number of rotatable bonds is 5. The summed E-state index contributed by atoms with van der Waals surface area (Å²) in [5.41, 5.74) is 4.66. The van der Waals surface area contributed by atoms with Gasteiger partial charge in [0.1, 0.15) is 5.82 Å². The molecule has 0 radical (unpaired) electrons. The molecule has 140 valence electrons. The van der Waals surface area contributed by atoms with Gasteiger partial charge >= 0.3 is 0 Å². The molecule has 4 rings (SSSR count). The van der Waals surface area contributed by atoms with Gasteiger partial charge in [-0.15, -0.1) is 11.3 Å². The average Bonchev–Trinajstić information content (AvgIpc) is 3.35. The topological polar surface area (TPSA) is 86.8 Å². The first kappa shape index (κ1) is 17.8. The number of thiazole rings is 1. The second kappa shape index (κ2) is 7.98. The molecule has 1 atom stereocenters. The van der Waals surface area contributed by atoms with Gasteiger partial charge in [0, 0.05) is 23.2 Å². The number of carbonyl (C=O) groups is 1. The highest BCUT2D eigenvalue weighted by atomic mass is 32.1. The van der Waals surface area contributed by atoms with Crippen LogP contribution >= 0.6 is 11.3 Å². The summed E-state index contributed by atoms with van der Waals surface area (Å²) in [6, 6.07) is 7.85. The van der Waals surface area contributed by atoms with Crippen LogP contribution in [0, 0.1) is 12.8 Å². The molecule has 0 saturated carbocycles. The van der Waals surface area contributed by atoms with Crippen molar-refractivity contribution >= 4 is 22.9 Å². The highest BCUT2D eigenvalue weighted by molar-refractivity contribution is 7.07. The van der Waals surface area contributed by atoms with E-state index in [1.54, 1.807) is 11.3 Å². The van der Waals surface area contributed by atoms with Crippen LogP contribution in [0.5, 0.6) is 0 Å². The van der Waals surface area contributed by atoms with E-state index in [-0.39, 0.29) is 11.8 Å². The van der Waals surface area contributed by atoms with Crippen LogP contribution in [0.1, 0.15) is 24.5 Å². The highest BCUT2D eigenvalue weighted by Crippen LogP contribution is 2.23. The van der Waals surface area contributed by atoms with Gasteiger partial charge in [-0.1, -0.05) is 12.1 Å². The molecule has 1 saturated heterocycles. The van der Waals surface area contributed by atoms with Crippen molar-refractivity contribution < 1.29 is 4.79 Å². The van der Waals surface area contributed by atoms with E-state index in [1.807, 2.05) is 42.1 Å². The number of aromatic amines is 1. The van der Waals surface area contributed by atoms with Gasteiger partial charge in [0.05, 0.1) is 23.7 Å². The molecule has 1 aliphatic rings. The first-order valence-corrected chi connectivity index (χ1v) is 10.0. The molecule has 2 aromatic heterocycles. The van der Waals surface area contributed by atoms with Gasteiger partial charge in [0.2, 0.25) is 5.91 Å². The van der Waals surface area contributed by atoms with Gasteiger partial charge < -0.3 is 5.32 Å². The molecule has 8 heteroatoms. The maximum Gasteiger partial charge on any atom is 0.228 e. The largest absolute Gasteiger partial charge is 0.326 e. The third-order valence-electron chi connectivity index (χ3n) is 4.77. The normalized spacial score (nSPS) is 17.7. The molecule has 2 N–H and O–H groups in total. The minimum atomic E-state index is -0.0167. The van der Waals surface area contributed by atoms with Gasteiger partial charge in [-0.05, 0) is 38.4 Å². The number of aryl methyl sites for hydroxylation is 1. The molecular weight excluding hydrogens is 360 g/mol. The lowest BCUT2D eigenvalue weighted by molar-refractivity contribution is -0.121. The third-order valence-corrected chi connectivity index (χ3v) is 5.35. The standard InChI is InChI=1S/C19H22N6OS/c1-13-21-18(24-23-13)10-25-8-2-3-15(9-25)19(26)22-16-6-4-14(5-7-16)17-11-27-12-20-17/h4-7,11-12,15H,2-3,8-10H2,1H3,(H,22,26)(H,21,23,24)/t15-/m1/s1. The monoisotopic (exact) mass is 382 g/mol. The van der Waals surface area contributed by atoms with Crippen LogP contribution in [0.2, 0.25) is 0 Å². The zero-order valence-electron chi connectivity index (χ0n) is 15.2. The molecule has 1 fully saturated rings. The molecule has 0 spiro atoms. The highest BCUT2D eigenvalue weighted by Gasteiger charge is 2.26. The zero-order chi connectivity index (χ0) is 18.6. The molecule has 1 aliphatic heterocycles. The second-order valence-corrected chi connectivity index (χ2v) is 7.57. The summed E-state index contributed by atoms with van der Waals surface area (Å²) < 4.78 is 0. The molecule has 7 nitrogen and oxygen atoms in total. The van der Waals surface area contributed by atoms with Crippen LogP contribution < -0.4 is 5.32 Å². The number of aromatic nitrogens is 4. The van der Waals surface area contributed by atoms with Gasteiger partial charge in [-0.3, -0.25) is 14.8 Å². The van der Waals surface area contributed by atoms with Crippen LogP contribution in [0.3, 0.4) is 0 Å². The Balaban J connectivity index is 1.34. The Morgan fingerprint density at radius 3 is 2.93 bits per heavy atom. The summed E-state index contributed by atoms with van der Waals surface area (Å²) >= 11 is 1.57. The molecular formula is C19H22N6OS. The minimum absolute atomic E-state index is 0.0167. The number of likely N-dealkylation sites (tertiary alicyclic amines) is 1. The number of nitrogens with one attached hydrogen (secondary N) is 2. The molecule has 0 bridgehead atoms. The Hall–Kier alpha value is -2.58. The van der Waals surface area contributed by atoms with Gasteiger partial charge in [-0.25, -0.2) is 9.97 Å². The van der Waals surface area contributed by atoms with E-state index in [9.17, 15) is 4.79 Å². The number of anilines is 1. The number of amides is 1. The molecule has 3 heterocycles. The lowest BCUT2D eigenvalue weighted by Crippen LogP contribution is -2.40. The molecule has 0 unspecified atom stereocenters. The van der Waals surface area contributed by atoms with Gasteiger partial charge in [0.25, 0.3) is 0 Å². The van der Waals surface area contributed by atoms with E-state index in [0.717, 1.165) is 54.5 Å². The number of nitrogens with zero attached hydrogens (tertiary/aromatic N) is 4. The molecule has 1 amide bonds. The Bertz CT molecular complexity index is 889. The SMILES string of the molecule is Cc1nc(CN2CCC[C@@H](C(=O)Nc3ccc(-c4cscn4)cc3)C2)n[nH]1. The summed E-state index contributed by atoms with van der Waals surface area (Å²) in [4.78, 5) is 23.6. The predicted octanol–water partition coefficient (Wildman–Crippen LogP) is 3.09. The van der Waals surface area contributed by atoms with Gasteiger partial charge in [-0.2, -0.15) is 5.10 Å². The number of hydrogen-bond donors (Lipinski definition) is 2. The Morgan fingerprint density at radius 1 is 1.37 bits per heavy atom. The second-order valence-electron chi connectivity index (χ2n) is 6.85. The van der Waals surface area contributed by atoms with Gasteiger partial charge in [0.15, 0.2) is 5.82 Å². The van der Waals surface area contributed by atoms with E-state index in [1.165, 1.54) is 0 Å². The van der Waals surface area contributed by atoms with Crippen LogP contribution in [0.15, 0.2) is 35.2 Å². The van der Waals surface area contributed by atoms with E-state index in [0.29, 0.717) is 6.54 Å². The summed E-state index contributed by atoms with van der Waals surface area (Å²) in [5, 5.41) is 12.1. The quantitative estimate of drug-likeness (QED) is 0.708. The summed E-state index contributed by atoms with van der Waals surface area (Å²) in [6.45, 7) is 4.27. The maximum absolute atomic E-state index is 12.7. The van der Waals surface area contributed by atoms with Crippen LogP contribution in [0.25, 0.3) is 11.3 Å². The van der Waals surface area contributed by atoms with Crippen molar-refractivity contribution in [1.82, 2.24) is 25.1 Å². The van der Waals surface area contributed by atoms with Crippen molar-refractivity contribution in [2.24, 2.45) is 5.92 Å². The lowest BCUT2D eigenvalue weighted by Gasteiger charge is -2.31. The van der Waals surface area contributed by atoms with Crippen LogP contribution in [-0.2, 0) is 11.3 Å². The summed E-state index contributed by atoms with van der Waals surface area (Å²) in [5.74, 6) is 1.66.